The topological polar surface area (TPSA) is 78.7 Å². The second-order valence-electron chi connectivity index (χ2n) is 3.47. The van der Waals surface area contributed by atoms with Crippen molar-refractivity contribution in [1.29, 1.82) is 0 Å². The Bertz CT molecular complexity index is 241. The summed E-state index contributed by atoms with van der Waals surface area (Å²) in [7, 11) is 1.76. The Labute approximate surface area is 83.0 Å². The number of nitrogens with zero attached hydrogens (tertiary/aromatic N) is 2. The highest BCUT2D eigenvalue weighted by Crippen LogP contribution is 2.05. The molecule has 2 amide bonds. The van der Waals surface area contributed by atoms with Gasteiger partial charge < -0.3 is 4.90 Å². The van der Waals surface area contributed by atoms with Gasteiger partial charge in [-0.1, -0.05) is 0 Å². The number of hydrogen-bond donors (Lipinski definition) is 2. The van der Waals surface area contributed by atoms with Crippen LogP contribution in [0.4, 0.5) is 0 Å². The third-order valence-corrected chi connectivity index (χ3v) is 2.56. The van der Waals surface area contributed by atoms with Crippen molar-refractivity contribution in [3.05, 3.63) is 0 Å². The van der Waals surface area contributed by atoms with Crippen molar-refractivity contribution in [2.75, 3.05) is 26.7 Å². The van der Waals surface area contributed by atoms with Gasteiger partial charge in [0, 0.05) is 20.1 Å². The van der Waals surface area contributed by atoms with E-state index in [9.17, 15) is 9.59 Å². The summed E-state index contributed by atoms with van der Waals surface area (Å²) in [5.41, 5.74) is 2.08. The Hall–Kier alpha value is -1.14. The first-order chi connectivity index (χ1) is 6.56. The van der Waals surface area contributed by atoms with Gasteiger partial charge in [-0.05, 0) is 6.92 Å². The number of amides is 2. The summed E-state index contributed by atoms with van der Waals surface area (Å²) in [5.74, 6) is 4.79. The summed E-state index contributed by atoms with van der Waals surface area (Å²) in [6.07, 6.45) is 0. The zero-order chi connectivity index (χ0) is 10.7. The van der Waals surface area contributed by atoms with E-state index in [2.05, 4.69) is 5.43 Å². The van der Waals surface area contributed by atoms with Gasteiger partial charge in [0.25, 0.3) is 5.91 Å². The lowest BCUT2D eigenvalue weighted by Crippen LogP contribution is -2.56. The van der Waals surface area contributed by atoms with Crippen molar-refractivity contribution < 1.29 is 9.59 Å². The van der Waals surface area contributed by atoms with Crippen molar-refractivity contribution >= 4 is 11.8 Å². The fraction of sp³-hybridized carbons (Fsp3) is 0.750. The molecule has 80 valence electrons. The second kappa shape index (κ2) is 4.39. The minimum Gasteiger partial charge on any atom is -0.343 e. The number of hydrogen-bond acceptors (Lipinski definition) is 4. The fourth-order valence-corrected chi connectivity index (χ4v) is 1.39. The van der Waals surface area contributed by atoms with Crippen LogP contribution in [0.2, 0.25) is 0 Å². The third-order valence-electron chi connectivity index (χ3n) is 2.56. The van der Waals surface area contributed by atoms with Gasteiger partial charge in [0.1, 0.15) is 0 Å². The number of piperazine rings is 1. The number of likely N-dealkylation sites (N-methyl/N-ethyl adjacent to an activating group) is 1. The highest BCUT2D eigenvalue weighted by atomic mass is 16.2. The highest BCUT2D eigenvalue weighted by Gasteiger charge is 2.27. The molecule has 1 rings (SSSR count). The van der Waals surface area contributed by atoms with Crippen LogP contribution >= 0.6 is 0 Å². The maximum absolute atomic E-state index is 11.3. The molecule has 0 bridgehead atoms. The summed E-state index contributed by atoms with van der Waals surface area (Å²) in [6, 6.07) is -0.349. The number of hydrazine groups is 1. The minimum atomic E-state index is -0.349. The average Bonchev–Trinajstić information content (AvgIpc) is 2.20. The van der Waals surface area contributed by atoms with E-state index in [-0.39, 0.29) is 24.4 Å². The number of carbonyl (C=O) groups excluding carboxylic acids is 2. The van der Waals surface area contributed by atoms with Crippen LogP contribution in [0.5, 0.6) is 0 Å². The summed E-state index contributed by atoms with van der Waals surface area (Å²) in [6.45, 7) is 3.38. The van der Waals surface area contributed by atoms with Gasteiger partial charge in [-0.2, -0.15) is 0 Å². The van der Waals surface area contributed by atoms with Crippen molar-refractivity contribution in [2.45, 2.75) is 13.0 Å². The molecule has 0 aromatic rings. The first-order valence-corrected chi connectivity index (χ1v) is 4.54. The average molecular weight is 200 g/mol. The van der Waals surface area contributed by atoms with Crippen molar-refractivity contribution in [3.63, 3.8) is 0 Å². The molecule has 0 radical (unpaired) electrons. The maximum atomic E-state index is 11.3. The summed E-state index contributed by atoms with van der Waals surface area (Å²) < 4.78 is 0. The minimum absolute atomic E-state index is 0.0351. The lowest BCUT2D eigenvalue weighted by molar-refractivity contribution is -0.137. The zero-order valence-electron chi connectivity index (χ0n) is 8.49. The number of carbonyl (C=O) groups is 2. The van der Waals surface area contributed by atoms with Crippen molar-refractivity contribution in [3.8, 4) is 0 Å². The van der Waals surface area contributed by atoms with Crippen molar-refractivity contribution in [2.24, 2.45) is 5.84 Å². The highest BCUT2D eigenvalue weighted by molar-refractivity contribution is 5.83. The number of nitrogens with two attached hydrogens (primary N) is 1. The molecular weight excluding hydrogens is 184 g/mol. The normalized spacial score (nSPS) is 20.8. The second-order valence-corrected chi connectivity index (χ2v) is 3.47. The molecule has 6 heteroatoms. The standard InChI is InChI=1S/C8H16N4O2/c1-6(8(14)10-9)12-4-3-11(2)7(13)5-12/h6H,3-5,9H2,1-2H3,(H,10,14). The molecule has 14 heavy (non-hydrogen) atoms. The van der Waals surface area contributed by atoms with Gasteiger partial charge in [0.05, 0.1) is 12.6 Å². The van der Waals surface area contributed by atoms with Crippen LogP contribution in [-0.4, -0.2) is 54.3 Å². The summed E-state index contributed by atoms with van der Waals surface area (Å²) >= 11 is 0. The first kappa shape index (κ1) is 10.9. The smallest absolute Gasteiger partial charge is 0.250 e. The molecule has 0 spiro atoms. The molecule has 3 N–H and O–H groups in total. The molecule has 0 aromatic carbocycles. The Morgan fingerprint density at radius 3 is 2.71 bits per heavy atom. The largest absolute Gasteiger partial charge is 0.343 e. The van der Waals surface area contributed by atoms with E-state index in [0.29, 0.717) is 13.1 Å². The van der Waals surface area contributed by atoms with Gasteiger partial charge in [0.15, 0.2) is 0 Å². The van der Waals surface area contributed by atoms with E-state index in [1.807, 2.05) is 4.90 Å². The molecule has 1 saturated heterocycles. The van der Waals surface area contributed by atoms with E-state index in [1.165, 1.54) is 0 Å². The molecule has 1 atom stereocenters. The van der Waals surface area contributed by atoms with Crippen LogP contribution in [-0.2, 0) is 9.59 Å². The Morgan fingerprint density at radius 1 is 1.57 bits per heavy atom. The SMILES string of the molecule is CC(C(=O)NN)N1CCN(C)C(=O)C1. The lowest BCUT2D eigenvalue weighted by Gasteiger charge is -2.34. The molecule has 1 aliphatic rings. The monoisotopic (exact) mass is 200 g/mol. The molecule has 1 unspecified atom stereocenters. The molecule has 0 aliphatic carbocycles. The molecule has 0 saturated carbocycles. The third kappa shape index (κ3) is 2.21. The molecule has 1 aliphatic heterocycles. The van der Waals surface area contributed by atoms with E-state index in [0.717, 1.165) is 0 Å². The van der Waals surface area contributed by atoms with Gasteiger partial charge in [-0.3, -0.25) is 19.9 Å². The maximum Gasteiger partial charge on any atom is 0.250 e. The van der Waals surface area contributed by atoms with Crippen molar-refractivity contribution in [1.82, 2.24) is 15.2 Å². The van der Waals surface area contributed by atoms with Gasteiger partial charge in [-0.25, -0.2) is 5.84 Å². The predicted molar refractivity (Wildman–Crippen MR) is 51.0 cm³/mol. The van der Waals surface area contributed by atoms with E-state index < -0.39 is 0 Å². The summed E-state index contributed by atoms with van der Waals surface area (Å²) in [5, 5.41) is 0. The van der Waals surface area contributed by atoms with Gasteiger partial charge in [-0.15, -0.1) is 0 Å². The Balaban J connectivity index is 2.54. The molecule has 1 heterocycles. The number of rotatable bonds is 2. The lowest BCUT2D eigenvalue weighted by atomic mass is 10.2. The zero-order valence-corrected chi connectivity index (χ0v) is 8.49. The van der Waals surface area contributed by atoms with E-state index in [1.54, 1.807) is 18.9 Å². The predicted octanol–water partition coefficient (Wildman–Crippen LogP) is -1.86. The van der Waals surface area contributed by atoms with Gasteiger partial charge in [0.2, 0.25) is 5.91 Å². The van der Waals surface area contributed by atoms with Gasteiger partial charge >= 0.3 is 0 Å². The molecular formula is C8H16N4O2. The molecule has 6 nitrogen and oxygen atoms in total. The molecule has 1 fully saturated rings. The van der Waals surface area contributed by atoms with Crippen LogP contribution in [0, 0.1) is 0 Å². The van der Waals surface area contributed by atoms with E-state index in [4.69, 9.17) is 5.84 Å². The Morgan fingerprint density at radius 2 is 2.21 bits per heavy atom. The van der Waals surface area contributed by atoms with E-state index >= 15 is 0 Å². The summed E-state index contributed by atoms with van der Waals surface area (Å²) in [4.78, 5) is 26.0. The van der Waals surface area contributed by atoms with Crippen LogP contribution in [0.3, 0.4) is 0 Å². The van der Waals surface area contributed by atoms with Crippen LogP contribution in [0.1, 0.15) is 6.92 Å². The van der Waals surface area contributed by atoms with Crippen LogP contribution < -0.4 is 11.3 Å². The van der Waals surface area contributed by atoms with Crippen LogP contribution in [0.15, 0.2) is 0 Å². The molecule has 0 aromatic heterocycles. The van der Waals surface area contributed by atoms with Crippen LogP contribution in [0.25, 0.3) is 0 Å². The number of nitrogens with one attached hydrogen (secondary N) is 1. The quantitative estimate of drug-likeness (QED) is 0.311. The Kier molecular flexibility index (Phi) is 3.43. The fourth-order valence-electron chi connectivity index (χ4n) is 1.39. The first-order valence-electron chi connectivity index (χ1n) is 4.54.